The Morgan fingerprint density at radius 1 is 0.852 bits per heavy atom. The molecular weight excluding hydrogens is 693 g/mol. The van der Waals surface area contributed by atoms with E-state index in [2.05, 4.69) is 35.2 Å². The Labute approximate surface area is 312 Å². The highest BCUT2D eigenvalue weighted by molar-refractivity contribution is 6.23. The molecule has 4 saturated heterocycles. The molecule has 2 atom stereocenters. The molecule has 282 valence electrons. The molecule has 3 aromatic rings. The number of carbonyl (C=O) groups is 5. The maximum atomic E-state index is 15.6. The molecule has 1 aromatic heterocycles. The number of pyridine rings is 1. The molecule has 2 unspecified atom stereocenters. The SMILES string of the molecule is NC(=O)c1cnc(N2CCCCC2)cc1Nc1ccc(N2CCN(CC3CCN(c4ccc5c(c4)C(=O)N(C4CCC(=O)NC4=O)C5=O)C3)CC2)c(F)c1. The van der Waals surface area contributed by atoms with E-state index in [-0.39, 0.29) is 35.3 Å². The summed E-state index contributed by atoms with van der Waals surface area (Å²) in [7, 11) is 0. The van der Waals surface area contributed by atoms with Crippen LogP contribution in [0.4, 0.5) is 33.0 Å². The molecule has 4 fully saturated rings. The molecule has 15 heteroatoms. The molecular formula is C39H44FN9O5. The van der Waals surface area contributed by atoms with Gasteiger partial charge in [0.05, 0.1) is 28.1 Å². The minimum Gasteiger partial charge on any atom is -0.371 e. The number of hydrogen-bond donors (Lipinski definition) is 3. The van der Waals surface area contributed by atoms with E-state index in [1.54, 1.807) is 18.2 Å². The largest absolute Gasteiger partial charge is 0.371 e. The van der Waals surface area contributed by atoms with Crippen molar-refractivity contribution in [2.45, 2.75) is 44.6 Å². The van der Waals surface area contributed by atoms with E-state index < -0.39 is 35.6 Å². The second kappa shape index (κ2) is 14.7. The van der Waals surface area contributed by atoms with E-state index in [9.17, 15) is 24.0 Å². The van der Waals surface area contributed by atoms with Crippen LogP contribution in [0.2, 0.25) is 0 Å². The van der Waals surface area contributed by atoms with Gasteiger partial charge in [-0.3, -0.25) is 39.1 Å². The number of nitrogens with zero attached hydrogens (tertiary/aromatic N) is 6. The quantitative estimate of drug-likeness (QED) is 0.277. The Morgan fingerprint density at radius 3 is 2.37 bits per heavy atom. The molecule has 6 heterocycles. The summed E-state index contributed by atoms with van der Waals surface area (Å²) >= 11 is 0. The average Bonchev–Trinajstić information content (AvgIpc) is 3.73. The number of nitrogens with two attached hydrogens (primary N) is 1. The van der Waals surface area contributed by atoms with Gasteiger partial charge in [0.1, 0.15) is 17.7 Å². The van der Waals surface area contributed by atoms with E-state index in [0.717, 1.165) is 81.5 Å². The minimum absolute atomic E-state index is 0.0791. The number of nitrogens with one attached hydrogen (secondary N) is 2. The summed E-state index contributed by atoms with van der Waals surface area (Å²) < 4.78 is 15.6. The summed E-state index contributed by atoms with van der Waals surface area (Å²) in [6, 6.07) is 11.1. The summed E-state index contributed by atoms with van der Waals surface area (Å²) in [5.74, 6) is -1.82. The van der Waals surface area contributed by atoms with Crippen molar-refractivity contribution in [1.29, 1.82) is 0 Å². The summed E-state index contributed by atoms with van der Waals surface area (Å²) in [5.41, 5.74) is 8.86. The van der Waals surface area contributed by atoms with Crippen molar-refractivity contribution >= 4 is 58.1 Å². The van der Waals surface area contributed by atoms with Gasteiger partial charge in [-0.05, 0) is 74.4 Å². The van der Waals surface area contributed by atoms with Crippen molar-refractivity contribution in [2.24, 2.45) is 11.7 Å². The van der Waals surface area contributed by atoms with Crippen molar-refractivity contribution < 1.29 is 28.4 Å². The zero-order valence-corrected chi connectivity index (χ0v) is 30.1. The van der Waals surface area contributed by atoms with E-state index in [4.69, 9.17) is 5.73 Å². The highest BCUT2D eigenvalue weighted by atomic mass is 19.1. The second-order valence-corrected chi connectivity index (χ2v) is 14.9. The number of rotatable bonds is 9. The first-order valence-corrected chi connectivity index (χ1v) is 18.8. The van der Waals surface area contributed by atoms with E-state index in [1.807, 2.05) is 18.2 Å². The van der Waals surface area contributed by atoms with Crippen LogP contribution < -0.4 is 31.1 Å². The normalized spacial score (nSPS) is 22.2. The summed E-state index contributed by atoms with van der Waals surface area (Å²) in [6.07, 6.45) is 6.02. The van der Waals surface area contributed by atoms with Crippen LogP contribution in [0.15, 0.2) is 48.7 Å². The average molecular weight is 738 g/mol. The van der Waals surface area contributed by atoms with Crippen LogP contribution in [0.25, 0.3) is 0 Å². The highest BCUT2D eigenvalue weighted by Crippen LogP contribution is 2.34. The lowest BCUT2D eigenvalue weighted by Gasteiger charge is -2.37. The zero-order valence-electron chi connectivity index (χ0n) is 30.1. The zero-order chi connectivity index (χ0) is 37.5. The minimum atomic E-state index is -0.989. The van der Waals surface area contributed by atoms with Crippen molar-refractivity contribution in [3.05, 3.63) is 71.2 Å². The van der Waals surface area contributed by atoms with Crippen molar-refractivity contribution in [2.75, 3.05) is 78.9 Å². The van der Waals surface area contributed by atoms with Crippen molar-refractivity contribution in [3.8, 4) is 0 Å². The molecule has 0 aliphatic carbocycles. The number of benzene rings is 2. The number of hydrogen-bond acceptors (Lipinski definition) is 11. The molecule has 54 heavy (non-hydrogen) atoms. The van der Waals surface area contributed by atoms with Gasteiger partial charge in [0.15, 0.2) is 0 Å². The van der Waals surface area contributed by atoms with Crippen LogP contribution in [0.3, 0.4) is 0 Å². The summed E-state index contributed by atoms with van der Waals surface area (Å²) in [6.45, 7) is 7.26. The number of imide groups is 2. The van der Waals surface area contributed by atoms with Gasteiger partial charge in [-0.2, -0.15) is 0 Å². The Hall–Kier alpha value is -5.57. The third kappa shape index (κ3) is 6.95. The smallest absolute Gasteiger partial charge is 0.262 e. The third-order valence-electron chi connectivity index (χ3n) is 11.4. The number of halogens is 1. The number of aromatic nitrogens is 1. The number of anilines is 5. The van der Waals surface area contributed by atoms with Gasteiger partial charge in [0.2, 0.25) is 11.8 Å². The first kappa shape index (κ1) is 35.5. The van der Waals surface area contributed by atoms with Gasteiger partial charge in [-0.25, -0.2) is 9.37 Å². The molecule has 0 bridgehead atoms. The number of piperidine rings is 2. The molecule has 0 radical (unpaired) electrons. The molecule has 5 aliphatic heterocycles. The maximum absolute atomic E-state index is 15.6. The molecule has 8 rings (SSSR count). The van der Waals surface area contributed by atoms with Crippen LogP contribution in [0.1, 0.15) is 69.6 Å². The Morgan fingerprint density at radius 2 is 1.63 bits per heavy atom. The molecule has 14 nitrogen and oxygen atoms in total. The Balaban J connectivity index is 0.851. The lowest BCUT2D eigenvalue weighted by atomic mass is 10.0. The summed E-state index contributed by atoms with van der Waals surface area (Å²) in [5, 5.41) is 5.44. The number of primary amides is 1. The predicted molar refractivity (Wildman–Crippen MR) is 201 cm³/mol. The molecule has 2 aromatic carbocycles. The van der Waals surface area contributed by atoms with E-state index in [1.165, 1.54) is 18.7 Å². The van der Waals surface area contributed by atoms with E-state index >= 15 is 4.39 Å². The fourth-order valence-electron chi connectivity index (χ4n) is 8.45. The molecule has 0 saturated carbocycles. The summed E-state index contributed by atoms with van der Waals surface area (Å²) in [4.78, 5) is 77.0. The highest BCUT2D eigenvalue weighted by Gasteiger charge is 2.45. The lowest BCUT2D eigenvalue weighted by Crippen LogP contribution is -2.54. The van der Waals surface area contributed by atoms with E-state index in [0.29, 0.717) is 36.1 Å². The van der Waals surface area contributed by atoms with Gasteiger partial charge >= 0.3 is 0 Å². The van der Waals surface area contributed by atoms with Crippen LogP contribution in [-0.2, 0) is 9.59 Å². The Kier molecular flexibility index (Phi) is 9.65. The van der Waals surface area contributed by atoms with Crippen LogP contribution in [0, 0.1) is 11.7 Å². The van der Waals surface area contributed by atoms with Gasteiger partial charge in [0.25, 0.3) is 17.7 Å². The topological polar surface area (TPSA) is 165 Å². The number of amides is 5. The van der Waals surface area contributed by atoms with Crippen LogP contribution >= 0.6 is 0 Å². The number of carbonyl (C=O) groups excluding carboxylic acids is 5. The van der Waals surface area contributed by atoms with Crippen molar-refractivity contribution in [3.63, 3.8) is 0 Å². The van der Waals surface area contributed by atoms with Crippen LogP contribution in [0.5, 0.6) is 0 Å². The molecule has 5 amide bonds. The second-order valence-electron chi connectivity index (χ2n) is 14.9. The number of fused-ring (bicyclic) bond motifs is 1. The van der Waals surface area contributed by atoms with Gasteiger partial charge in [-0.15, -0.1) is 0 Å². The lowest BCUT2D eigenvalue weighted by molar-refractivity contribution is -0.136. The van der Waals surface area contributed by atoms with Crippen LogP contribution in [-0.4, -0.2) is 109 Å². The standard InChI is InChI=1S/C39H44FN9O5/c40-30-18-25(43-31-20-34(42-21-29(31)36(41)51)47-11-2-1-3-12-47)4-7-32(30)46-16-14-45(15-17-46)22-24-10-13-48(23-24)26-5-6-27-28(19-26)39(54)49(38(27)53)33-8-9-35(50)44-37(33)52/h4-7,18-21,24,33H,1-3,8-17,22-23H2,(H2,41,51)(H,42,43)(H,44,50,52). The fourth-order valence-corrected chi connectivity index (χ4v) is 8.45. The molecule has 4 N–H and O–H groups in total. The first-order chi connectivity index (χ1) is 26.1. The third-order valence-corrected chi connectivity index (χ3v) is 11.4. The van der Waals surface area contributed by atoms with Crippen molar-refractivity contribution in [1.82, 2.24) is 20.1 Å². The van der Waals surface area contributed by atoms with Gasteiger partial charge in [-0.1, -0.05) is 0 Å². The number of piperazine rings is 1. The first-order valence-electron chi connectivity index (χ1n) is 18.8. The van der Waals surface area contributed by atoms with Gasteiger partial charge in [0, 0.05) is 89.0 Å². The maximum Gasteiger partial charge on any atom is 0.262 e. The fraction of sp³-hybridized carbons (Fsp3) is 0.436. The predicted octanol–water partition coefficient (Wildman–Crippen LogP) is 3.10. The molecule has 5 aliphatic rings. The Bertz CT molecular complexity index is 2010. The monoisotopic (exact) mass is 737 g/mol. The molecule has 0 spiro atoms. The van der Waals surface area contributed by atoms with Gasteiger partial charge < -0.3 is 25.8 Å².